The summed E-state index contributed by atoms with van der Waals surface area (Å²) in [7, 11) is 0. The summed E-state index contributed by atoms with van der Waals surface area (Å²) in [4.78, 5) is 35.3. The van der Waals surface area contributed by atoms with Crippen molar-refractivity contribution in [3.05, 3.63) is 109 Å². The third kappa shape index (κ3) is 14.7. The van der Waals surface area contributed by atoms with Crippen LogP contribution in [0.5, 0.6) is 11.5 Å². The molecule has 8 heteroatoms. The Balaban J connectivity index is 1.09. The highest BCUT2D eigenvalue weighted by Crippen LogP contribution is 2.24. The van der Waals surface area contributed by atoms with Crippen LogP contribution in [0.4, 0.5) is 0 Å². The van der Waals surface area contributed by atoms with Gasteiger partial charge in [0.05, 0.1) is 32.8 Å². The number of carbonyl (C=O) groups is 3. The largest absolute Gasteiger partial charge is 0.494 e. The Morgan fingerprint density at radius 2 is 1.14 bits per heavy atom. The lowest BCUT2D eigenvalue weighted by atomic mass is 9.98. The predicted molar refractivity (Wildman–Crippen MR) is 200 cm³/mol. The van der Waals surface area contributed by atoms with E-state index in [1.165, 1.54) is 12.5 Å². The molecule has 3 aromatic rings. The van der Waals surface area contributed by atoms with E-state index in [-0.39, 0.29) is 30.7 Å². The Hall–Kier alpha value is -5.11. The van der Waals surface area contributed by atoms with E-state index in [9.17, 15) is 14.4 Å². The molecule has 0 N–H and O–H groups in total. The van der Waals surface area contributed by atoms with Crippen LogP contribution in [0.3, 0.4) is 0 Å². The molecule has 0 bridgehead atoms. The zero-order valence-electron chi connectivity index (χ0n) is 29.5. The number of unbranched alkanes of at least 4 members (excludes halogenated alkanes) is 3. The van der Waals surface area contributed by atoms with E-state index in [1.54, 1.807) is 0 Å². The number of rotatable bonds is 21. The van der Waals surface area contributed by atoms with Crippen LogP contribution >= 0.6 is 0 Å². The van der Waals surface area contributed by atoms with E-state index in [0.29, 0.717) is 26.2 Å². The smallest absolute Gasteiger partial charge is 0.333 e. The summed E-state index contributed by atoms with van der Waals surface area (Å²) in [6.07, 6.45) is 14.6. The molecule has 0 aromatic heterocycles. The molecule has 0 saturated heterocycles. The van der Waals surface area contributed by atoms with Gasteiger partial charge in [-0.15, -0.1) is 0 Å². The van der Waals surface area contributed by atoms with E-state index in [1.807, 2.05) is 48.5 Å². The third-order valence-electron chi connectivity index (χ3n) is 8.45. The molecule has 1 fully saturated rings. The Labute approximate surface area is 302 Å². The van der Waals surface area contributed by atoms with Crippen molar-refractivity contribution in [3.63, 3.8) is 0 Å². The number of esters is 3. The standard InChI is InChI=1S/C43H50O8/c1-3-41(44)49-29-10-5-4-9-28-47-38-24-18-35(19-25-38)15-14-34-16-20-36(21-17-34)37-22-26-39(27-23-37)48-30-11-31-50-43(46)33(2)32-42(45)51-40-12-7-6-8-13-40/h3,14-27,40H,1-2,4-13,28-32H2/b15-14+. The van der Waals surface area contributed by atoms with Gasteiger partial charge in [0, 0.05) is 18.1 Å². The molecule has 0 heterocycles. The molecular formula is C43H50O8. The molecule has 0 spiro atoms. The maximum Gasteiger partial charge on any atom is 0.333 e. The van der Waals surface area contributed by atoms with Gasteiger partial charge in [-0.25, -0.2) is 9.59 Å². The lowest BCUT2D eigenvalue weighted by Crippen LogP contribution is -2.22. The molecule has 8 nitrogen and oxygen atoms in total. The molecule has 0 atom stereocenters. The minimum Gasteiger partial charge on any atom is -0.494 e. The molecule has 0 aliphatic heterocycles. The van der Waals surface area contributed by atoms with Gasteiger partial charge < -0.3 is 23.7 Å². The number of benzene rings is 3. The zero-order chi connectivity index (χ0) is 36.1. The lowest BCUT2D eigenvalue weighted by molar-refractivity contribution is -0.151. The lowest BCUT2D eigenvalue weighted by Gasteiger charge is -2.21. The van der Waals surface area contributed by atoms with Crippen LogP contribution < -0.4 is 9.47 Å². The highest BCUT2D eigenvalue weighted by molar-refractivity contribution is 5.93. The molecule has 1 aliphatic rings. The quantitative estimate of drug-likeness (QED) is 0.0358. The molecule has 270 valence electrons. The van der Waals surface area contributed by atoms with Crippen molar-refractivity contribution in [1.82, 2.24) is 0 Å². The Morgan fingerprint density at radius 3 is 1.75 bits per heavy atom. The average molecular weight is 695 g/mol. The SMILES string of the molecule is C=CC(=O)OCCCCCCOc1ccc(/C=C/c2ccc(-c3ccc(OCCCOC(=O)C(=C)CC(=O)OC4CCCCC4)cc3)cc2)cc1. The first-order valence-electron chi connectivity index (χ1n) is 18.0. The maximum atomic E-state index is 12.2. The van der Waals surface area contributed by atoms with E-state index in [0.717, 1.165) is 85.1 Å². The van der Waals surface area contributed by atoms with Gasteiger partial charge in [0.2, 0.25) is 0 Å². The molecule has 0 unspecified atom stereocenters. The van der Waals surface area contributed by atoms with Gasteiger partial charge in [-0.05, 0) is 97.9 Å². The third-order valence-corrected chi connectivity index (χ3v) is 8.45. The van der Waals surface area contributed by atoms with E-state index < -0.39 is 11.9 Å². The molecule has 51 heavy (non-hydrogen) atoms. The first kappa shape index (κ1) is 38.7. The van der Waals surface area contributed by atoms with Crippen molar-refractivity contribution < 1.29 is 38.1 Å². The second-order valence-corrected chi connectivity index (χ2v) is 12.6. The van der Waals surface area contributed by atoms with Crippen LogP contribution in [0.25, 0.3) is 23.3 Å². The number of hydrogen-bond acceptors (Lipinski definition) is 8. The van der Waals surface area contributed by atoms with Crippen molar-refractivity contribution in [2.45, 2.75) is 76.7 Å². The van der Waals surface area contributed by atoms with Crippen LogP contribution in [-0.4, -0.2) is 50.4 Å². The Morgan fingerprint density at radius 1 is 0.627 bits per heavy atom. The molecule has 4 rings (SSSR count). The van der Waals surface area contributed by atoms with E-state index in [2.05, 4.69) is 49.6 Å². The van der Waals surface area contributed by atoms with Gasteiger partial charge >= 0.3 is 17.9 Å². The van der Waals surface area contributed by atoms with Gasteiger partial charge in [-0.3, -0.25) is 4.79 Å². The Bertz CT molecular complexity index is 1570. The molecular weight excluding hydrogens is 644 g/mol. The molecule has 3 aromatic carbocycles. The topological polar surface area (TPSA) is 97.4 Å². The van der Waals surface area contributed by atoms with Gasteiger partial charge in [0.25, 0.3) is 0 Å². The van der Waals surface area contributed by atoms with Crippen molar-refractivity contribution in [3.8, 4) is 22.6 Å². The number of ether oxygens (including phenoxy) is 5. The highest BCUT2D eigenvalue weighted by atomic mass is 16.5. The maximum absolute atomic E-state index is 12.2. The zero-order valence-corrected chi connectivity index (χ0v) is 29.5. The fourth-order valence-electron chi connectivity index (χ4n) is 5.55. The van der Waals surface area contributed by atoms with Gasteiger partial charge in [-0.1, -0.05) is 80.3 Å². The minimum atomic E-state index is -0.580. The van der Waals surface area contributed by atoms with E-state index in [4.69, 9.17) is 23.7 Å². The van der Waals surface area contributed by atoms with Crippen LogP contribution in [0.2, 0.25) is 0 Å². The average Bonchev–Trinajstić information content (AvgIpc) is 3.16. The summed E-state index contributed by atoms with van der Waals surface area (Å²) < 4.78 is 27.4. The van der Waals surface area contributed by atoms with Gasteiger partial charge in [0.1, 0.15) is 17.6 Å². The fraction of sp³-hybridized carbons (Fsp3) is 0.372. The van der Waals surface area contributed by atoms with Crippen molar-refractivity contribution in [1.29, 1.82) is 0 Å². The molecule has 1 saturated carbocycles. The summed E-state index contributed by atoms with van der Waals surface area (Å²) >= 11 is 0. The van der Waals surface area contributed by atoms with Crippen molar-refractivity contribution in [2.24, 2.45) is 0 Å². The van der Waals surface area contributed by atoms with Crippen LogP contribution in [-0.2, 0) is 28.6 Å². The first-order valence-corrected chi connectivity index (χ1v) is 18.0. The second-order valence-electron chi connectivity index (χ2n) is 12.6. The highest BCUT2D eigenvalue weighted by Gasteiger charge is 2.20. The minimum absolute atomic E-state index is 0.0455. The second kappa shape index (κ2) is 21.9. The molecule has 1 aliphatic carbocycles. The molecule has 0 radical (unpaired) electrons. The summed E-state index contributed by atoms with van der Waals surface area (Å²) in [5.74, 6) is 0.211. The Kier molecular flexibility index (Phi) is 16.6. The monoisotopic (exact) mass is 694 g/mol. The van der Waals surface area contributed by atoms with Crippen LogP contribution in [0.15, 0.2) is 97.6 Å². The fourth-order valence-corrected chi connectivity index (χ4v) is 5.55. The first-order chi connectivity index (χ1) is 24.9. The number of carbonyl (C=O) groups excluding carboxylic acids is 3. The summed E-state index contributed by atoms with van der Waals surface area (Å²) in [6.45, 7) is 8.73. The summed E-state index contributed by atoms with van der Waals surface area (Å²) in [5, 5.41) is 0. The van der Waals surface area contributed by atoms with Crippen LogP contribution in [0.1, 0.15) is 81.8 Å². The molecule has 0 amide bonds. The van der Waals surface area contributed by atoms with Crippen LogP contribution in [0, 0.1) is 0 Å². The summed E-state index contributed by atoms with van der Waals surface area (Å²) in [6, 6.07) is 24.3. The van der Waals surface area contributed by atoms with E-state index >= 15 is 0 Å². The van der Waals surface area contributed by atoms with Crippen molar-refractivity contribution in [2.75, 3.05) is 26.4 Å². The predicted octanol–water partition coefficient (Wildman–Crippen LogP) is 9.33. The van der Waals surface area contributed by atoms with Crippen molar-refractivity contribution >= 4 is 30.1 Å². The summed E-state index contributed by atoms with van der Waals surface area (Å²) in [5.41, 5.74) is 4.48. The van der Waals surface area contributed by atoms with Gasteiger partial charge in [0.15, 0.2) is 0 Å². The van der Waals surface area contributed by atoms with Gasteiger partial charge in [-0.2, -0.15) is 0 Å². The number of hydrogen-bond donors (Lipinski definition) is 0. The normalized spacial score (nSPS) is 12.9.